The van der Waals surface area contributed by atoms with Crippen molar-refractivity contribution in [3.05, 3.63) is 0 Å². The monoisotopic (exact) mass is 172 g/mol. The van der Waals surface area contributed by atoms with E-state index >= 15 is 0 Å². The minimum absolute atomic E-state index is 0.0208. The number of hydrogen-bond acceptors (Lipinski definition) is 1. The van der Waals surface area contributed by atoms with Crippen LogP contribution in [0.1, 0.15) is 26.7 Å². The Morgan fingerprint density at radius 2 is 1.55 bits per heavy atom. The molecule has 0 saturated heterocycles. The average molecular weight is 172 g/mol. The van der Waals surface area contributed by atoms with E-state index in [4.69, 9.17) is 0 Å². The molecule has 0 aromatic carbocycles. The Labute approximate surface area is 71.2 Å². The predicted molar refractivity (Wildman–Crippen MR) is 52.7 cm³/mol. The highest BCUT2D eigenvalue weighted by Crippen LogP contribution is 2.42. The fourth-order valence-electron chi connectivity index (χ4n) is 1.65. The van der Waals surface area contributed by atoms with E-state index in [-0.39, 0.29) is 5.04 Å². The second kappa shape index (κ2) is 3.52. The van der Waals surface area contributed by atoms with Crippen LogP contribution in [0, 0.1) is 0 Å². The Balaban J connectivity index is 4.68. The van der Waals surface area contributed by atoms with Crippen LogP contribution < -0.4 is 0 Å². The van der Waals surface area contributed by atoms with Gasteiger partial charge in [0, 0.05) is 5.04 Å². The lowest BCUT2D eigenvalue weighted by molar-refractivity contribution is -0.110. The highest BCUT2D eigenvalue weighted by Gasteiger charge is 2.39. The minimum atomic E-state index is -1.30. The van der Waals surface area contributed by atoms with Gasteiger partial charge < -0.3 is 4.79 Å². The summed E-state index contributed by atoms with van der Waals surface area (Å²) >= 11 is 0. The van der Waals surface area contributed by atoms with Crippen molar-refractivity contribution in [1.29, 1.82) is 0 Å². The SMILES string of the molecule is CCC(C=O)(CC)[Si](C)(C)C. The molecule has 0 aromatic heterocycles. The van der Waals surface area contributed by atoms with E-state index in [1.807, 2.05) is 0 Å². The van der Waals surface area contributed by atoms with Crippen molar-refractivity contribution in [3.63, 3.8) is 0 Å². The molecule has 0 radical (unpaired) electrons. The molecule has 0 atom stereocenters. The lowest BCUT2D eigenvalue weighted by Gasteiger charge is -2.37. The molecule has 0 spiro atoms. The van der Waals surface area contributed by atoms with Crippen LogP contribution in [0.25, 0.3) is 0 Å². The van der Waals surface area contributed by atoms with Gasteiger partial charge in [-0.05, 0) is 12.8 Å². The fourth-order valence-corrected chi connectivity index (χ4v) is 4.13. The van der Waals surface area contributed by atoms with Crippen molar-refractivity contribution in [2.24, 2.45) is 0 Å². The maximum Gasteiger partial charge on any atom is 0.123 e. The van der Waals surface area contributed by atoms with Gasteiger partial charge in [-0.15, -0.1) is 0 Å². The van der Waals surface area contributed by atoms with Crippen LogP contribution in [0.3, 0.4) is 0 Å². The first-order chi connectivity index (χ1) is 4.93. The lowest BCUT2D eigenvalue weighted by Crippen LogP contribution is -2.40. The Kier molecular flexibility index (Phi) is 3.49. The second-order valence-electron chi connectivity index (χ2n) is 4.23. The first-order valence-corrected chi connectivity index (χ1v) is 7.90. The van der Waals surface area contributed by atoms with Crippen molar-refractivity contribution in [1.82, 2.24) is 0 Å². The Hall–Kier alpha value is -0.113. The summed E-state index contributed by atoms with van der Waals surface area (Å²) in [5.41, 5.74) is 0. The van der Waals surface area contributed by atoms with E-state index in [0.717, 1.165) is 12.8 Å². The summed E-state index contributed by atoms with van der Waals surface area (Å²) in [7, 11) is -1.30. The minimum Gasteiger partial charge on any atom is -0.303 e. The van der Waals surface area contributed by atoms with Gasteiger partial charge in [0.15, 0.2) is 0 Å². The smallest absolute Gasteiger partial charge is 0.123 e. The molecule has 0 heterocycles. The van der Waals surface area contributed by atoms with Crippen molar-refractivity contribution >= 4 is 14.4 Å². The lowest BCUT2D eigenvalue weighted by atomic mass is 10.0. The predicted octanol–water partition coefficient (Wildman–Crippen LogP) is 3.08. The molecule has 0 saturated carbocycles. The molecular weight excluding hydrogens is 152 g/mol. The fraction of sp³-hybridized carbons (Fsp3) is 0.889. The van der Waals surface area contributed by atoms with Crippen LogP contribution in [-0.2, 0) is 4.79 Å². The quantitative estimate of drug-likeness (QED) is 0.470. The van der Waals surface area contributed by atoms with Gasteiger partial charge in [0.1, 0.15) is 6.29 Å². The average Bonchev–Trinajstić information content (AvgIpc) is 1.90. The molecule has 0 fully saturated rings. The van der Waals surface area contributed by atoms with Gasteiger partial charge in [-0.25, -0.2) is 0 Å². The summed E-state index contributed by atoms with van der Waals surface area (Å²) in [5, 5.41) is 0.0208. The molecule has 1 nitrogen and oxygen atoms in total. The molecule has 0 aliphatic rings. The van der Waals surface area contributed by atoms with Crippen LogP contribution in [0.15, 0.2) is 0 Å². The van der Waals surface area contributed by atoms with Gasteiger partial charge in [0.05, 0.1) is 8.07 Å². The largest absolute Gasteiger partial charge is 0.303 e. The van der Waals surface area contributed by atoms with E-state index in [2.05, 4.69) is 33.5 Å². The number of rotatable bonds is 4. The molecular formula is C9H20OSi. The molecule has 66 valence electrons. The maximum atomic E-state index is 11.0. The third kappa shape index (κ3) is 1.92. The van der Waals surface area contributed by atoms with Gasteiger partial charge in [-0.1, -0.05) is 33.5 Å². The molecule has 0 amide bonds. The summed E-state index contributed by atoms with van der Waals surface area (Å²) in [5.74, 6) is 0. The third-order valence-electron chi connectivity index (χ3n) is 2.98. The zero-order valence-corrected chi connectivity index (χ0v) is 9.40. The highest BCUT2D eigenvalue weighted by molar-refractivity contribution is 6.81. The summed E-state index contributed by atoms with van der Waals surface area (Å²) in [6.07, 6.45) is 3.20. The highest BCUT2D eigenvalue weighted by atomic mass is 28.3. The van der Waals surface area contributed by atoms with E-state index in [1.165, 1.54) is 6.29 Å². The topological polar surface area (TPSA) is 17.1 Å². The number of hydrogen-bond donors (Lipinski definition) is 0. The van der Waals surface area contributed by atoms with Gasteiger partial charge in [-0.3, -0.25) is 0 Å². The standard InChI is InChI=1S/C9H20OSi/c1-6-9(7-2,8-10)11(3,4)5/h8H,6-7H2,1-5H3. The molecule has 0 aliphatic carbocycles. The van der Waals surface area contributed by atoms with Crippen LogP contribution in [0.5, 0.6) is 0 Å². The van der Waals surface area contributed by atoms with E-state index in [9.17, 15) is 4.79 Å². The van der Waals surface area contributed by atoms with Crippen LogP contribution >= 0.6 is 0 Å². The number of aldehydes is 1. The van der Waals surface area contributed by atoms with Crippen molar-refractivity contribution in [3.8, 4) is 0 Å². The zero-order valence-electron chi connectivity index (χ0n) is 8.40. The molecule has 11 heavy (non-hydrogen) atoms. The number of carbonyl (C=O) groups excluding carboxylic acids is 1. The molecule has 0 unspecified atom stereocenters. The van der Waals surface area contributed by atoms with Crippen LogP contribution in [0.4, 0.5) is 0 Å². The van der Waals surface area contributed by atoms with Crippen LogP contribution in [0.2, 0.25) is 24.7 Å². The van der Waals surface area contributed by atoms with E-state index in [1.54, 1.807) is 0 Å². The van der Waals surface area contributed by atoms with Gasteiger partial charge in [-0.2, -0.15) is 0 Å². The molecule has 2 heteroatoms. The van der Waals surface area contributed by atoms with Gasteiger partial charge >= 0.3 is 0 Å². The zero-order chi connectivity index (χ0) is 9.12. The number of carbonyl (C=O) groups is 1. The van der Waals surface area contributed by atoms with Crippen molar-refractivity contribution < 1.29 is 4.79 Å². The van der Waals surface area contributed by atoms with Crippen LogP contribution in [-0.4, -0.2) is 14.4 Å². The van der Waals surface area contributed by atoms with Crippen molar-refractivity contribution in [2.75, 3.05) is 0 Å². The Bertz CT molecular complexity index is 131. The van der Waals surface area contributed by atoms with Gasteiger partial charge in [0.25, 0.3) is 0 Å². The summed E-state index contributed by atoms with van der Waals surface area (Å²) < 4.78 is 0. The molecule has 0 bridgehead atoms. The molecule has 0 N–H and O–H groups in total. The first kappa shape index (κ1) is 10.9. The summed E-state index contributed by atoms with van der Waals surface area (Å²) in [6.45, 7) is 11.1. The first-order valence-electron chi connectivity index (χ1n) is 4.40. The summed E-state index contributed by atoms with van der Waals surface area (Å²) in [6, 6.07) is 0. The van der Waals surface area contributed by atoms with E-state index < -0.39 is 8.07 Å². The third-order valence-corrected chi connectivity index (χ3v) is 6.79. The van der Waals surface area contributed by atoms with Gasteiger partial charge in [0.2, 0.25) is 0 Å². The Morgan fingerprint density at radius 1 is 1.18 bits per heavy atom. The summed E-state index contributed by atoms with van der Waals surface area (Å²) in [4.78, 5) is 11.0. The maximum absolute atomic E-state index is 11.0. The van der Waals surface area contributed by atoms with E-state index in [0.29, 0.717) is 0 Å². The van der Waals surface area contributed by atoms with Crippen molar-refractivity contribution in [2.45, 2.75) is 51.4 Å². The molecule has 0 aromatic rings. The normalized spacial score (nSPS) is 13.2. The second-order valence-corrected chi connectivity index (χ2v) is 9.73. The molecule has 0 rings (SSSR count). The molecule has 0 aliphatic heterocycles. The Morgan fingerprint density at radius 3 is 1.55 bits per heavy atom.